The molecule has 0 amide bonds. The molecule has 0 aromatic carbocycles. The average molecular weight is 314 g/mol. The molecule has 0 aliphatic rings. The molecule has 23 heavy (non-hydrogen) atoms. The van der Waals surface area contributed by atoms with Gasteiger partial charge in [-0.05, 0) is 38.3 Å². The van der Waals surface area contributed by atoms with Gasteiger partial charge in [-0.1, -0.05) is 19.9 Å². The maximum atomic E-state index is 5.60. The van der Waals surface area contributed by atoms with Crippen LogP contribution in [0, 0.1) is 19.8 Å². The summed E-state index contributed by atoms with van der Waals surface area (Å²) in [6.07, 6.45) is 2.71. The first kappa shape index (κ1) is 17.3. The van der Waals surface area contributed by atoms with Crippen LogP contribution in [0.25, 0.3) is 11.5 Å². The van der Waals surface area contributed by atoms with Crippen LogP contribution in [0.4, 0.5) is 5.82 Å². The van der Waals surface area contributed by atoms with E-state index in [9.17, 15) is 0 Å². The Morgan fingerprint density at radius 2 is 2.00 bits per heavy atom. The lowest BCUT2D eigenvalue weighted by Gasteiger charge is -2.12. The van der Waals surface area contributed by atoms with Crippen molar-refractivity contribution in [2.45, 2.75) is 34.1 Å². The van der Waals surface area contributed by atoms with Gasteiger partial charge in [0.05, 0.1) is 0 Å². The molecule has 5 heteroatoms. The maximum Gasteiger partial charge on any atom is 0.180 e. The molecule has 2 heterocycles. The Kier molecular flexibility index (Phi) is 6.47. The van der Waals surface area contributed by atoms with Crippen molar-refractivity contribution in [3.8, 4) is 11.5 Å². The van der Waals surface area contributed by atoms with Crippen molar-refractivity contribution >= 4 is 5.82 Å². The summed E-state index contributed by atoms with van der Waals surface area (Å²) in [6.45, 7) is 10.8. The third-order valence-corrected chi connectivity index (χ3v) is 3.49. The van der Waals surface area contributed by atoms with E-state index in [4.69, 9.17) is 4.74 Å². The van der Waals surface area contributed by atoms with Crippen molar-refractivity contribution in [1.29, 1.82) is 0 Å². The number of nitrogens with zero attached hydrogens (tertiary/aromatic N) is 3. The molecule has 2 aromatic rings. The first-order valence-corrected chi connectivity index (χ1v) is 8.16. The zero-order valence-corrected chi connectivity index (χ0v) is 14.5. The van der Waals surface area contributed by atoms with E-state index in [-0.39, 0.29) is 0 Å². The Bertz CT molecular complexity index is 614. The number of hydrogen-bond donors (Lipinski definition) is 1. The minimum atomic E-state index is 0.579. The van der Waals surface area contributed by atoms with Crippen LogP contribution in [0.3, 0.4) is 0 Å². The molecule has 0 aliphatic heterocycles. The average Bonchev–Trinajstić information content (AvgIpc) is 2.54. The first-order chi connectivity index (χ1) is 11.1. The fraction of sp³-hybridized carbons (Fsp3) is 0.500. The van der Waals surface area contributed by atoms with Crippen LogP contribution in [0.15, 0.2) is 24.4 Å². The summed E-state index contributed by atoms with van der Waals surface area (Å²) in [5, 5.41) is 3.39. The second-order valence-corrected chi connectivity index (χ2v) is 6.07. The van der Waals surface area contributed by atoms with Crippen molar-refractivity contribution in [2.24, 2.45) is 5.92 Å². The highest BCUT2D eigenvalue weighted by atomic mass is 16.5. The predicted molar refractivity (Wildman–Crippen MR) is 93.5 cm³/mol. The lowest BCUT2D eigenvalue weighted by Crippen LogP contribution is -2.11. The van der Waals surface area contributed by atoms with Gasteiger partial charge in [-0.2, -0.15) is 0 Å². The van der Waals surface area contributed by atoms with E-state index >= 15 is 0 Å². The normalized spacial score (nSPS) is 11.0. The highest BCUT2D eigenvalue weighted by Gasteiger charge is 2.10. The zero-order valence-electron chi connectivity index (χ0n) is 14.5. The van der Waals surface area contributed by atoms with E-state index in [0.717, 1.165) is 48.9 Å². The largest absolute Gasteiger partial charge is 0.381 e. The second-order valence-electron chi connectivity index (χ2n) is 6.07. The number of aryl methyl sites for hydroxylation is 1. The summed E-state index contributed by atoms with van der Waals surface area (Å²) in [7, 11) is 0. The smallest absolute Gasteiger partial charge is 0.180 e. The van der Waals surface area contributed by atoms with Gasteiger partial charge < -0.3 is 10.1 Å². The quantitative estimate of drug-likeness (QED) is 0.754. The minimum absolute atomic E-state index is 0.579. The van der Waals surface area contributed by atoms with Gasteiger partial charge in [0.2, 0.25) is 0 Å². The Labute approximate surface area is 138 Å². The Morgan fingerprint density at radius 1 is 1.17 bits per heavy atom. The van der Waals surface area contributed by atoms with Crippen LogP contribution in [0.5, 0.6) is 0 Å². The van der Waals surface area contributed by atoms with Gasteiger partial charge in [-0.25, -0.2) is 9.97 Å². The molecule has 1 N–H and O–H groups in total. The minimum Gasteiger partial charge on any atom is -0.381 e. The van der Waals surface area contributed by atoms with E-state index in [0.29, 0.717) is 11.7 Å². The van der Waals surface area contributed by atoms with Gasteiger partial charge >= 0.3 is 0 Å². The summed E-state index contributed by atoms with van der Waals surface area (Å²) < 4.78 is 5.60. The molecule has 0 fully saturated rings. The fourth-order valence-corrected chi connectivity index (χ4v) is 2.11. The molecule has 0 aliphatic carbocycles. The molecular weight excluding hydrogens is 288 g/mol. The molecule has 0 saturated heterocycles. The number of ether oxygens (including phenoxy) is 1. The van der Waals surface area contributed by atoms with Crippen LogP contribution in [0.1, 0.15) is 31.5 Å². The van der Waals surface area contributed by atoms with Crippen LogP contribution in [0.2, 0.25) is 0 Å². The molecule has 0 bridgehead atoms. The molecule has 0 unspecified atom stereocenters. The maximum absolute atomic E-state index is 5.60. The standard InChI is InChI=1S/C18H26N4O/c1-13(2)12-23-11-7-10-20-17-14(3)15(4)21-18(22-17)16-8-5-6-9-19-16/h5-6,8-9,13H,7,10-12H2,1-4H3,(H,20,21,22). The summed E-state index contributed by atoms with van der Waals surface area (Å²) in [5.41, 5.74) is 2.84. The molecule has 0 radical (unpaired) electrons. The fourth-order valence-electron chi connectivity index (χ4n) is 2.11. The lowest BCUT2D eigenvalue weighted by molar-refractivity contribution is 0.110. The van der Waals surface area contributed by atoms with Gasteiger partial charge in [0, 0.05) is 37.2 Å². The molecular formula is C18H26N4O. The van der Waals surface area contributed by atoms with Gasteiger partial charge in [0.25, 0.3) is 0 Å². The lowest BCUT2D eigenvalue weighted by atomic mass is 10.2. The number of anilines is 1. The Morgan fingerprint density at radius 3 is 2.70 bits per heavy atom. The van der Waals surface area contributed by atoms with Crippen LogP contribution < -0.4 is 5.32 Å². The third-order valence-electron chi connectivity index (χ3n) is 3.49. The summed E-state index contributed by atoms with van der Waals surface area (Å²) in [6, 6.07) is 5.76. The van der Waals surface area contributed by atoms with E-state index in [1.807, 2.05) is 32.0 Å². The molecule has 2 aromatic heterocycles. The van der Waals surface area contributed by atoms with Crippen molar-refractivity contribution < 1.29 is 4.74 Å². The summed E-state index contributed by atoms with van der Waals surface area (Å²) in [5.74, 6) is 2.12. The van der Waals surface area contributed by atoms with Crippen LogP contribution in [-0.4, -0.2) is 34.7 Å². The van der Waals surface area contributed by atoms with E-state index < -0.39 is 0 Å². The zero-order chi connectivity index (χ0) is 16.7. The second kappa shape index (κ2) is 8.58. The predicted octanol–water partition coefficient (Wildman–Crippen LogP) is 3.63. The topological polar surface area (TPSA) is 59.9 Å². The summed E-state index contributed by atoms with van der Waals surface area (Å²) >= 11 is 0. The third kappa shape index (κ3) is 5.28. The van der Waals surface area contributed by atoms with Crippen molar-refractivity contribution in [3.05, 3.63) is 35.7 Å². The summed E-state index contributed by atoms with van der Waals surface area (Å²) in [4.78, 5) is 13.5. The number of rotatable bonds is 8. The molecule has 124 valence electrons. The van der Waals surface area contributed by atoms with Gasteiger partial charge in [0.15, 0.2) is 5.82 Å². The van der Waals surface area contributed by atoms with Gasteiger partial charge in [-0.15, -0.1) is 0 Å². The highest BCUT2D eigenvalue weighted by molar-refractivity contribution is 5.56. The van der Waals surface area contributed by atoms with Crippen molar-refractivity contribution in [1.82, 2.24) is 15.0 Å². The van der Waals surface area contributed by atoms with E-state index in [2.05, 4.69) is 34.1 Å². The molecule has 0 saturated carbocycles. The first-order valence-electron chi connectivity index (χ1n) is 8.16. The number of hydrogen-bond acceptors (Lipinski definition) is 5. The molecule has 2 rings (SSSR count). The number of nitrogens with one attached hydrogen (secondary N) is 1. The molecule has 0 atom stereocenters. The number of aromatic nitrogens is 3. The SMILES string of the molecule is Cc1nc(-c2ccccn2)nc(NCCCOCC(C)C)c1C. The van der Waals surface area contributed by atoms with Gasteiger partial charge in [0.1, 0.15) is 11.5 Å². The highest BCUT2D eigenvalue weighted by Crippen LogP contribution is 2.20. The van der Waals surface area contributed by atoms with Crippen LogP contribution >= 0.6 is 0 Å². The van der Waals surface area contributed by atoms with E-state index in [1.165, 1.54) is 0 Å². The Balaban J connectivity index is 1.97. The molecule has 5 nitrogen and oxygen atoms in total. The molecule has 0 spiro atoms. The van der Waals surface area contributed by atoms with E-state index in [1.54, 1.807) is 6.20 Å². The van der Waals surface area contributed by atoms with Crippen molar-refractivity contribution in [2.75, 3.05) is 25.1 Å². The van der Waals surface area contributed by atoms with Crippen molar-refractivity contribution in [3.63, 3.8) is 0 Å². The number of pyridine rings is 1. The monoisotopic (exact) mass is 314 g/mol. The Hall–Kier alpha value is -2.01. The van der Waals surface area contributed by atoms with Crippen LogP contribution in [-0.2, 0) is 4.74 Å². The van der Waals surface area contributed by atoms with Gasteiger partial charge in [-0.3, -0.25) is 4.98 Å².